The summed E-state index contributed by atoms with van der Waals surface area (Å²) in [4.78, 5) is 11.4. The molecule has 1 saturated heterocycles. The monoisotopic (exact) mass is 365 g/mol. The first-order valence-electron chi connectivity index (χ1n) is 8.18. The minimum absolute atomic E-state index is 0.00243. The van der Waals surface area contributed by atoms with Gasteiger partial charge in [0.2, 0.25) is 0 Å². The average Bonchev–Trinajstić information content (AvgIpc) is 2.68. The Balaban J connectivity index is 2.40. The van der Waals surface area contributed by atoms with Crippen molar-refractivity contribution in [3.8, 4) is 0 Å². The van der Waals surface area contributed by atoms with Gasteiger partial charge in [-0.05, 0) is 63.4 Å². The molecule has 0 amide bonds. The number of aryl methyl sites for hydroxylation is 1. The second-order valence-electron chi connectivity index (χ2n) is 7.32. The van der Waals surface area contributed by atoms with Crippen molar-refractivity contribution in [2.24, 2.45) is 0 Å². The number of hydrogen-bond acceptors (Lipinski definition) is 5. The summed E-state index contributed by atoms with van der Waals surface area (Å²) < 4.78 is 26.1. The fourth-order valence-corrected chi connectivity index (χ4v) is 3.02. The normalized spacial score (nSPS) is 19.3. The lowest BCUT2D eigenvalue weighted by atomic mass is 9.78. The molecule has 1 fully saturated rings. The van der Waals surface area contributed by atoms with Crippen molar-refractivity contribution in [3.63, 3.8) is 0 Å². The largest absolute Gasteiger partial charge is 0.491 e. The Morgan fingerprint density at radius 2 is 1.84 bits per heavy atom. The van der Waals surface area contributed by atoms with E-state index in [9.17, 15) is 9.18 Å². The van der Waals surface area contributed by atoms with Crippen molar-refractivity contribution >= 4 is 35.8 Å². The predicted octanol–water partition coefficient (Wildman–Crippen LogP) is 4.01. The van der Waals surface area contributed by atoms with Gasteiger partial charge in [0.25, 0.3) is 0 Å². The summed E-state index contributed by atoms with van der Waals surface area (Å²) in [6, 6.07) is 3.00. The molecular weight excluding hydrogens is 340 g/mol. The lowest BCUT2D eigenvalue weighted by Crippen LogP contribution is -2.41. The van der Waals surface area contributed by atoms with E-state index in [0.29, 0.717) is 11.3 Å². The summed E-state index contributed by atoms with van der Waals surface area (Å²) >= 11 is 1.17. The Morgan fingerprint density at radius 3 is 2.36 bits per heavy atom. The lowest BCUT2D eigenvalue weighted by Gasteiger charge is -2.32. The van der Waals surface area contributed by atoms with Crippen LogP contribution < -0.4 is 5.73 Å². The number of benzene rings is 1. The molecule has 0 saturated carbocycles. The van der Waals surface area contributed by atoms with E-state index in [0.717, 1.165) is 11.0 Å². The second-order valence-corrected chi connectivity index (χ2v) is 8.47. The van der Waals surface area contributed by atoms with E-state index >= 15 is 0 Å². The number of nitrogens with two attached hydrogens (primary N) is 1. The number of carbonyl (C=O) groups is 1. The zero-order chi connectivity index (χ0) is 19.0. The van der Waals surface area contributed by atoms with E-state index in [4.69, 9.17) is 15.0 Å². The van der Waals surface area contributed by atoms with Gasteiger partial charge in [0, 0.05) is 12.7 Å². The summed E-state index contributed by atoms with van der Waals surface area (Å²) in [7, 11) is -0.586. The Hall–Kier alpha value is -1.31. The molecule has 1 aliphatic rings. The zero-order valence-corrected chi connectivity index (χ0v) is 16.4. The van der Waals surface area contributed by atoms with Crippen LogP contribution >= 0.6 is 11.8 Å². The zero-order valence-electron chi connectivity index (χ0n) is 15.6. The molecule has 25 heavy (non-hydrogen) atoms. The topological polar surface area (TPSA) is 61.6 Å². The van der Waals surface area contributed by atoms with E-state index in [2.05, 4.69) is 0 Å². The highest BCUT2D eigenvalue weighted by molar-refractivity contribution is 8.13. The summed E-state index contributed by atoms with van der Waals surface area (Å²) in [6.45, 7) is 11.3. The predicted molar refractivity (Wildman–Crippen MR) is 103 cm³/mol. The first kappa shape index (κ1) is 20.0. The highest BCUT2D eigenvalue weighted by Crippen LogP contribution is 2.39. The molecule has 2 rings (SSSR count). The molecule has 0 aromatic heterocycles. The molecule has 0 atom stereocenters. The number of hydrogen-bond donors (Lipinski definition) is 1. The van der Waals surface area contributed by atoms with E-state index in [1.165, 1.54) is 24.8 Å². The smallest absolute Gasteiger partial charge is 0.400 e. The van der Waals surface area contributed by atoms with Gasteiger partial charge in [-0.15, -0.1) is 0 Å². The average molecular weight is 365 g/mol. The molecule has 2 N–H and O–H groups in total. The maximum atomic E-state index is 13.9. The van der Waals surface area contributed by atoms with E-state index < -0.39 is 24.1 Å². The summed E-state index contributed by atoms with van der Waals surface area (Å²) in [5.74, 6) is -0.0539. The summed E-state index contributed by atoms with van der Waals surface area (Å²) in [5.41, 5.74) is 7.09. The van der Waals surface area contributed by atoms with Crippen LogP contribution in [0.2, 0.25) is 0 Å². The third-order valence-electron chi connectivity index (χ3n) is 4.72. The van der Waals surface area contributed by atoms with Gasteiger partial charge in [-0.1, -0.05) is 17.8 Å². The molecule has 0 unspecified atom stereocenters. The van der Waals surface area contributed by atoms with Crippen molar-refractivity contribution in [1.82, 2.24) is 0 Å². The quantitative estimate of drug-likeness (QED) is 0.645. The molecule has 1 heterocycles. The number of anilines is 1. The Labute approximate surface area is 153 Å². The fraction of sp³-hybridized carbons (Fsp3) is 0.500. The van der Waals surface area contributed by atoms with Gasteiger partial charge in [-0.25, -0.2) is 4.39 Å². The van der Waals surface area contributed by atoms with E-state index in [1.807, 2.05) is 40.7 Å². The third kappa shape index (κ3) is 4.46. The first-order valence-corrected chi connectivity index (χ1v) is 9.16. The number of halogens is 1. The van der Waals surface area contributed by atoms with Gasteiger partial charge in [0.05, 0.1) is 16.9 Å². The van der Waals surface area contributed by atoms with Gasteiger partial charge in [-0.3, -0.25) is 4.79 Å². The lowest BCUT2D eigenvalue weighted by molar-refractivity contribution is -0.109. The first-order chi connectivity index (χ1) is 11.4. The Bertz CT molecular complexity index is 703. The standard InChI is InChI=1S/C18H25BFNO3S/c1-11-7-16(21)15(20)9-13(11)8-14(10-25-12(2)22)19-23-17(3,4)18(5,6)24-19/h7-9H,10,21H2,1-6H3. The molecule has 1 aromatic rings. The van der Waals surface area contributed by atoms with Gasteiger partial charge in [0.15, 0.2) is 5.12 Å². The Morgan fingerprint density at radius 1 is 1.28 bits per heavy atom. The minimum Gasteiger partial charge on any atom is -0.400 e. The SMILES string of the molecule is CC(=O)SCC(=Cc1cc(F)c(N)cc1C)B1OC(C)(C)C(C)(C)O1. The van der Waals surface area contributed by atoms with Crippen LogP contribution in [0.3, 0.4) is 0 Å². The molecule has 136 valence electrons. The maximum Gasteiger partial charge on any atom is 0.491 e. The van der Waals surface area contributed by atoms with Crippen molar-refractivity contribution in [1.29, 1.82) is 0 Å². The molecule has 0 bridgehead atoms. The van der Waals surface area contributed by atoms with Crippen molar-refractivity contribution in [3.05, 3.63) is 34.5 Å². The van der Waals surface area contributed by atoms with Crippen molar-refractivity contribution in [2.75, 3.05) is 11.5 Å². The number of thioether (sulfide) groups is 1. The van der Waals surface area contributed by atoms with E-state index in [1.54, 1.807) is 6.07 Å². The van der Waals surface area contributed by atoms with Crippen LogP contribution in [-0.4, -0.2) is 29.2 Å². The van der Waals surface area contributed by atoms with Crippen LogP contribution in [0.25, 0.3) is 6.08 Å². The van der Waals surface area contributed by atoms with Gasteiger partial charge >= 0.3 is 7.12 Å². The summed E-state index contributed by atoms with van der Waals surface area (Å²) in [5, 5.41) is 0.00243. The van der Waals surface area contributed by atoms with Crippen LogP contribution in [0.4, 0.5) is 10.1 Å². The molecule has 4 nitrogen and oxygen atoms in total. The van der Waals surface area contributed by atoms with Gasteiger partial charge in [-0.2, -0.15) is 0 Å². The molecule has 1 aromatic carbocycles. The molecule has 0 spiro atoms. The molecule has 0 radical (unpaired) electrons. The highest BCUT2D eigenvalue weighted by Gasteiger charge is 2.52. The van der Waals surface area contributed by atoms with Crippen molar-refractivity contribution < 1.29 is 18.5 Å². The van der Waals surface area contributed by atoms with Crippen LogP contribution in [0.15, 0.2) is 17.6 Å². The maximum absolute atomic E-state index is 13.9. The fourth-order valence-electron chi connectivity index (χ4n) is 2.43. The van der Waals surface area contributed by atoms with Gasteiger partial charge < -0.3 is 15.0 Å². The third-order valence-corrected chi connectivity index (χ3v) is 5.61. The second kappa shape index (κ2) is 7.13. The van der Waals surface area contributed by atoms with Gasteiger partial charge in [0.1, 0.15) is 5.82 Å². The van der Waals surface area contributed by atoms with Crippen LogP contribution in [0.1, 0.15) is 45.7 Å². The Kier molecular flexibility index (Phi) is 5.71. The summed E-state index contributed by atoms with van der Waals surface area (Å²) in [6.07, 6.45) is 1.83. The molecule has 7 heteroatoms. The van der Waals surface area contributed by atoms with Crippen LogP contribution in [0.5, 0.6) is 0 Å². The minimum atomic E-state index is -0.586. The van der Waals surface area contributed by atoms with Crippen LogP contribution in [-0.2, 0) is 14.1 Å². The van der Waals surface area contributed by atoms with E-state index in [-0.39, 0.29) is 10.8 Å². The highest BCUT2D eigenvalue weighted by atomic mass is 32.2. The van der Waals surface area contributed by atoms with Crippen molar-refractivity contribution in [2.45, 2.75) is 52.7 Å². The number of nitrogen functional groups attached to an aromatic ring is 1. The number of carbonyl (C=O) groups excluding carboxylic acids is 1. The molecular formula is C18H25BFNO3S. The molecule has 1 aliphatic heterocycles. The molecule has 0 aliphatic carbocycles. The number of rotatable bonds is 4. The van der Waals surface area contributed by atoms with Crippen LogP contribution in [0, 0.1) is 12.7 Å².